The van der Waals surface area contributed by atoms with Crippen molar-refractivity contribution >= 4 is 67.1 Å². The third kappa shape index (κ3) is 5.52. The second kappa shape index (κ2) is 10.3. The van der Waals surface area contributed by atoms with Crippen LogP contribution in [0.15, 0.2) is 75.8 Å². The lowest BCUT2D eigenvalue weighted by Gasteiger charge is -2.13. The van der Waals surface area contributed by atoms with E-state index in [1.165, 1.54) is 32.2 Å². The number of hydrogen-bond acceptors (Lipinski definition) is 7. The number of hydrogen-bond donors (Lipinski definition) is 3. The number of nitrogens with zero attached hydrogens (tertiary/aromatic N) is 2. The zero-order valence-electron chi connectivity index (χ0n) is 19.4. The minimum atomic E-state index is -4.57. The second-order valence-corrected chi connectivity index (χ2v) is 10.1. The number of amides is 1. The molecule has 1 amide bonds. The van der Waals surface area contributed by atoms with Crippen LogP contribution in [0.25, 0.3) is 10.8 Å². The maximum Gasteiger partial charge on any atom is 0.294 e. The fourth-order valence-corrected chi connectivity index (χ4v) is 4.82. The molecule has 0 radical (unpaired) electrons. The molecule has 0 unspecified atom stereocenters. The van der Waals surface area contributed by atoms with Gasteiger partial charge in [-0.25, -0.2) is 0 Å². The van der Waals surface area contributed by atoms with Crippen LogP contribution in [0, 0.1) is 6.92 Å². The molecule has 0 aromatic heterocycles. The molecule has 190 valence electrons. The first-order chi connectivity index (χ1) is 17.5. The lowest BCUT2D eigenvalue weighted by molar-refractivity contribution is 0.102. The maximum atomic E-state index is 13.2. The van der Waals surface area contributed by atoms with E-state index in [1.54, 1.807) is 36.4 Å². The summed E-state index contributed by atoms with van der Waals surface area (Å²) in [6.07, 6.45) is 0. The third-order valence-corrected chi connectivity index (χ3v) is 7.08. The van der Waals surface area contributed by atoms with E-state index in [0.29, 0.717) is 27.2 Å². The molecule has 0 aliphatic heterocycles. The first kappa shape index (κ1) is 26.4. The summed E-state index contributed by atoms with van der Waals surface area (Å²) in [5, 5.41) is 23.4. The van der Waals surface area contributed by atoms with E-state index in [1.807, 2.05) is 0 Å². The van der Waals surface area contributed by atoms with Crippen molar-refractivity contribution in [2.75, 3.05) is 12.4 Å². The third-order valence-electron chi connectivity index (χ3n) is 5.48. The van der Waals surface area contributed by atoms with Gasteiger partial charge in [0.25, 0.3) is 16.0 Å². The number of phenolic OH excluding ortho intramolecular Hbond substituents is 1. The van der Waals surface area contributed by atoms with Crippen molar-refractivity contribution in [2.45, 2.75) is 11.8 Å². The molecule has 0 atom stereocenters. The standard InChI is InChI=1S/C25H19Cl2N3O6S/c1-13-19(27)11-16(12-22(13)37(33,34)35)29-30-23-17-6-4-3-5-14(17)9-18(24(23)31)25(32)28-20-8-7-15(26)10-21(20)36-2/h3-12,31H,1-2H3,(H,28,32)(H,33,34,35). The highest BCUT2D eigenvalue weighted by atomic mass is 35.5. The molecule has 4 rings (SSSR count). The van der Waals surface area contributed by atoms with Gasteiger partial charge in [-0.2, -0.15) is 13.5 Å². The van der Waals surface area contributed by atoms with E-state index >= 15 is 0 Å². The lowest BCUT2D eigenvalue weighted by Crippen LogP contribution is -2.13. The Bertz CT molecular complexity index is 1690. The van der Waals surface area contributed by atoms with E-state index in [4.69, 9.17) is 27.9 Å². The van der Waals surface area contributed by atoms with Gasteiger partial charge in [0, 0.05) is 21.5 Å². The summed E-state index contributed by atoms with van der Waals surface area (Å²) in [4.78, 5) is 12.7. The largest absolute Gasteiger partial charge is 0.505 e. The highest BCUT2D eigenvalue weighted by Crippen LogP contribution is 2.40. The molecule has 0 saturated carbocycles. The lowest BCUT2D eigenvalue weighted by atomic mass is 10.0. The molecule has 4 aromatic rings. The number of aromatic hydroxyl groups is 1. The van der Waals surface area contributed by atoms with Crippen molar-refractivity contribution in [3.8, 4) is 11.5 Å². The molecule has 37 heavy (non-hydrogen) atoms. The number of carbonyl (C=O) groups is 1. The molecule has 4 aromatic carbocycles. The summed E-state index contributed by atoms with van der Waals surface area (Å²) < 4.78 is 38.2. The molecular formula is C25H19Cl2N3O6S. The number of halogens is 2. The minimum absolute atomic E-state index is 0.00691. The van der Waals surface area contributed by atoms with Gasteiger partial charge in [-0.3, -0.25) is 9.35 Å². The van der Waals surface area contributed by atoms with Crippen LogP contribution in [-0.4, -0.2) is 31.1 Å². The van der Waals surface area contributed by atoms with Gasteiger partial charge in [-0.15, -0.1) is 5.11 Å². The summed E-state index contributed by atoms with van der Waals surface area (Å²) >= 11 is 12.1. The Morgan fingerprint density at radius 1 is 1.03 bits per heavy atom. The second-order valence-electron chi connectivity index (χ2n) is 7.87. The fourth-order valence-electron chi connectivity index (χ4n) is 3.62. The first-order valence-corrected chi connectivity index (χ1v) is 12.8. The van der Waals surface area contributed by atoms with Crippen LogP contribution in [0.5, 0.6) is 11.5 Å². The van der Waals surface area contributed by atoms with Gasteiger partial charge in [-0.05, 0) is 48.2 Å². The topological polar surface area (TPSA) is 138 Å². The summed E-state index contributed by atoms with van der Waals surface area (Å²) in [5.41, 5.74) is 0.362. The zero-order chi connectivity index (χ0) is 26.9. The normalized spacial score (nSPS) is 11.7. The fraction of sp³-hybridized carbons (Fsp3) is 0.0800. The Balaban J connectivity index is 1.81. The number of ether oxygens (including phenoxy) is 1. The van der Waals surface area contributed by atoms with Gasteiger partial charge >= 0.3 is 0 Å². The molecule has 0 bridgehead atoms. The predicted octanol–water partition coefficient (Wildman–Crippen LogP) is 7.08. The molecule has 12 heteroatoms. The van der Waals surface area contributed by atoms with Crippen molar-refractivity contribution in [3.63, 3.8) is 0 Å². The highest BCUT2D eigenvalue weighted by Gasteiger charge is 2.21. The average Bonchev–Trinajstić information content (AvgIpc) is 2.85. The van der Waals surface area contributed by atoms with Crippen molar-refractivity contribution in [1.29, 1.82) is 0 Å². The number of fused-ring (bicyclic) bond motifs is 1. The van der Waals surface area contributed by atoms with Crippen LogP contribution in [-0.2, 0) is 10.1 Å². The number of nitrogens with one attached hydrogen (secondary N) is 1. The molecule has 0 saturated heterocycles. The molecule has 0 aliphatic carbocycles. The summed E-state index contributed by atoms with van der Waals surface area (Å²) in [7, 11) is -3.14. The van der Waals surface area contributed by atoms with Crippen LogP contribution in [0.3, 0.4) is 0 Å². The van der Waals surface area contributed by atoms with Crippen molar-refractivity contribution in [1.82, 2.24) is 0 Å². The number of carbonyl (C=O) groups excluding carboxylic acids is 1. The van der Waals surface area contributed by atoms with Gasteiger partial charge in [0.05, 0.1) is 24.0 Å². The Labute approximate surface area is 222 Å². The van der Waals surface area contributed by atoms with E-state index in [2.05, 4.69) is 15.5 Å². The Hall–Kier alpha value is -3.70. The quantitative estimate of drug-likeness (QED) is 0.170. The monoisotopic (exact) mass is 559 g/mol. The summed E-state index contributed by atoms with van der Waals surface area (Å²) in [5.74, 6) is -0.777. The number of azo groups is 1. The highest BCUT2D eigenvalue weighted by molar-refractivity contribution is 7.85. The molecule has 0 fully saturated rings. The van der Waals surface area contributed by atoms with Crippen LogP contribution < -0.4 is 10.1 Å². The van der Waals surface area contributed by atoms with Crippen LogP contribution in [0.1, 0.15) is 15.9 Å². The number of methoxy groups -OCH3 is 1. The van der Waals surface area contributed by atoms with E-state index < -0.39 is 26.7 Å². The Kier molecular flexibility index (Phi) is 7.37. The van der Waals surface area contributed by atoms with E-state index in [0.717, 1.165) is 6.07 Å². The molecule has 3 N–H and O–H groups in total. The van der Waals surface area contributed by atoms with Crippen LogP contribution in [0.2, 0.25) is 10.0 Å². The Morgan fingerprint density at radius 3 is 2.46 bits per heavy atom. The minimum Gasteiger partial charge on any atom is -0.505 e. The molecule has 9 nitrogen and oxygen atoms in total. The van der Waals surface area contributed by atoms with Gasteiger partial charge in [-0.1, -0.05) is 47.5 Å². The van der Waals surface area contributed by atoms with E-state index in [9.17, 15) is 22.9 Å². The molecule has 0 spiro atoms. The molecular weight excluding hydrogens is 541 g/mol. The van der Waals surface area contributed by atoms with Crippen LogP contribution >= 0.6 is 23.2 Å². The van der Waals surface area contributed by atoms with E-state index in [-0.39, 0.29) is 27.5 Å². The summed E-state index contributed by atoms with van der Waals surface area (Å²) in [6.45, 7) is 1.43. The maximum absolute atomic E-state index is 13.2. The number of rotatable bonds is 6. The van der Waals surface area contributed by atoms with Gasteiger partial charge in [0.2, 0.25) is 0 Å². The Morgan fingerprint density at radius 2 is 1.76 bits per heavy atom. The summed E-state index contributed by atoms with van der Waals surface area (Å²) in [6, 6.07) is 15.5. The zero-order valence-corrected chi connectivity index (χ0v) is 21.7. The molecule has 0 heterocycles. The van der Waals surface area contributed by atoms with Crippen molar-refractivity contribution in [2.24, 2.45) is 10.2 Å². The van der Waals surface area contributed by atoms with Gasteiger partial charge in [0.1, 0.15) is 16.3 Å². The number of anilines is 1. The smallest absolute Gasteiger partial charge is 0.294 e. The van der Waals surface area contributed by atoms with Gasteiger partial charge < -0.3 is 15.2 Å². The van der Waals surface area contributed by atoms with Crippen LogP contribution in [0.4, 0.5) is 17.1 Å². The van der Waals surface area contributed by atoms with Crippen molar-refractivity contribution < 1.29 is 27.6 Å². The first-order valence-electron chi connectivity index (χ1n) is 10.6. The van der Waals surface area contributed by atoms with Gasteiger partial charge in [0.15, 0.2) is 5.75 Å². The van der Waals surface area contributed by atoms with Crippen molar-refractivity contribution in [3.05, 3.63) is 81.8 Å². The molecule has 0 aliphatic rings. The average molecular weight is 560 g/mol. The SMILES string of the molecule is COc1cc(Cl)ccc1NC(=O)c1cc2ccccc2c(N=Nc2cc(Cl)c(C)c(S(=O)(=O)O)c2)c1O. The number of phenols is 1. The number of benzene rings is 4. The predicted molar refractivity (Wildman–Crippen MR) is 142 cm³/mol.